The van der Waals surface area contributed by atoms with E-state index in [9.17, 15) is 0 Å². The quantitative estimate of drug-likeness (QED) is 0.256. The van der Waals surface area contributed by atoms with Gasteiger partial charge >= 0.3 is 0 Å². The van der Waals surface area contributed by atoms with Crippen LogP contribution in [0.5, 0.6) is 0 Å². The van der Waals surface area contributed by atoms with Crippen molar-refractivity contribution in [1.29, 1.82) is 0 Å². The molecule has 6 aromatic rings. The van der Waals surface area contributed by atoms with Gasteiger partial charge in [0, 0.05) is 33.8 Å². The van der Waals surface area contributed by atoms with Gasteiger partial charge in [0.1, 0.15) is 5.58 Å². The minimum absolute atomic E-state index is 0.00382. The predicted octanol–water partition coefficient (Wildman–Crippen LogP) is 6.82. The molecule has 5 aromatic carbocycles. The monoisotopic (exact) mass is 474 g/mol. The van der Waals surface area contributed by atoms with Crippen molar-refractivity contribution in [2.24, 2.45) is 0 Å². The van der Waals surface area contributed by atoms with Crippen molar-refractivity contribution in [2.75, 3.05) is 9.80 Å². The smallest absolute Gasteiger partial charge is 0.297 e. The maximum Gasteiger partial charge on any atom is 0.297 e. The lowest BCUT2D eigenvalue weighted by Crippen LogP contribution is -2.61. The zero-order valence-corrected chi connectivity index (χ0v) is 20.4. The second-order valence-corrected chi connectivity index (χ2v) is 9.86. The van der Waals surface area contributed by atoms with Gasteiger partial charge in [-0.15, -0.1) is 0 Å². The number of fused-ring (bicyclic) bond motifs is 6. The molecule has 2 aliphatic heterocycles. The number of para-hydroxylation sites is 4. The fourth-order valence-corrected chi connectivity index (χ4v) is 6.22. The number of aryl methyl sites for hydroxylation is 1. The van der Waals surface area contributed by atoms with Gasteiger partial charge in [-0.05, 0) is 78.0 Å². The van der Waals surface area contributed by atoms with E-state index in [-0.39, 0.29) is 6.71 Å². The highest BCUT2D eigenvalue weighted by molar-refractivity contribution is 6.99. The SMILES string of the molecule is Cc1cc2c3c(c1)N(c1ccccc1)c1c(oc4ccccc14)B3c1ccccc1N2c1ccccc1. The summed E-state index contributed by atoms with van der Waals surface area (Å²) in [6.07, 6.45) is 0. The summed E-state index contributed by atoms with van der Waals surface area (Å²) >= 11 is 0. The summed E-state index contributed by atoms with van der Waals surface area (Å²) < 4.78 is 6.76. The zero-order valence-electron chi connectivity index (χ0n) is 20.4. The molecule has 0 atom stereocenters. The lowest BCUT2D eigenvalue weighted by molar-refractivity contribution is 0.651. The molecule has 1 aromatic heterocycles. The normalized spacial score (nSPS) is 13.4. The van der Waals surface area contributed by atoms with Gasteiger partial charge in [0.25, 0.3) is 6.71 Å². The molecule has 0 aliphatic carbocycles. The van der Waals surface area contributed by atoms with Crippen molar-refractivity contribution >= 4 is 68.4 Å². The van der Waals surface area contributed by atoms with Crippen LogP contribution < -0.4 is 26.4 Å². The molecule has 0 fully saturated rings. The second-order valence-electron chi connectivity index (χ2n) is 9.86. The van der Waals surface area contributed by atoms with E-state index < -0.39 is 0 Å². The molecule has 2 aliphatic rings. The first-order valence-electron chi connectivity index (χ1n) is 12.7. The molecule has 0 unspecified atom stereocenters. The van der Waals surface area contributed by atoms with Crippen LogP contribution in [0.15, 0.2) is 126 Å². The van der Waals surface area contributed by atoms with Crippen molar-refractivity contribution in [1.82, 2.24) is 0 Å². The highest BCUT2D eigenvalue weighted by atomic mass is 16.3. The Kier molecular flexibility index (Phi) is 4.24. The Balaban J connectivity index is 1.53. The molecule has 0 radical (unpaired) electrons. The molecular weight excluding hydrogens is 451 g/mol. The van der Waals surface area contributed by atoms with E-state index in [1.807, 2.05) is 0 Å². The largest absolute Gasteiger partial charge is 0.468 e. The number of rotatable bonds is 2. The van der Waals surface area contributed by atoms with E-state index in [0.29, 0.717) is 0 Å². The van der Waals surface area contributed by atoms with Gasteiger partial charge in [-0.3, -0.25) is 0 Å². The Morgan fingerprint density at radius 2 is 1.19 bits per heavy atom. The second kappa shape index (κ2) is 7.65. The standard InChI is InChI=1S/C33H23BN2O/c1-22-20-28-31-29(21-22)36(24-14-6-3-7-15-24)32-25-16-8-11-19-30(25)37-33(32)34(31)26-17-9-10-18-27(26)35(28)23-12-4-2-5-13-23/h2-21H,1H3. The Morgan fingerprint density at radius 3 is 1.95 bits per heavy atom. The van der Waals surface area contributed by atoms with Crippen LogP contribution in [0.4, 0.5) is 34.1 Å². The maximum absolute atomic E-state index is 6.76. The van der Waals surface area contributed by atoms with Crippen LogP contribution in [0, 0.1) is 6.92 Å². The molecule has 0 N–H and O–H groups in total. The first-order chi connectivity index (χ1) is 18.3. The Morgan fingerprint density at radius 1 is 0.595 bits per heavy atom. The zero-order chi connectivity index (χ0) is 24.5. The van der Waals surface area contributed by atoms with Crippen molar-refractivity contribution < 1.29 is 4.42 Å². The molecule has 37 heavy (non-hydrogen) atoms. The number of hydrogen-bond donors (Lipinski definition) is 0. The van der Waals surface area contributed by atoms with E-state index in [0.717, 1.165) is 33.7 Å². The van der Waals surface area contributed by atoms with Gasteiger partial charge in [-0.1, -0.05) is 66.7 Å². The Bertz CT molecular complexity index is 1810. The molecule has 8 rings (SSSR count). The number of furan rings is 1. The first kappa shape index (κ1) is 20.5. The van der Waals surface area contributed by atoms with Crippen LogP contribution >= 0.6 is 0 Å². The molecule has 3 nitrogen and oxygen atoms in total. The van der Waals surface area contributed by atoms with Crippen molar-refractivity contribution in [3.8, 4) is 0 Å². The Hall–Kier alpha value is -4.70. The van der Waals surface area contributed by atoms with Gasteiger partial charge in [-0.2, -0.15) is 0 Å². The van der Waals surface area contributed by atoms with Crippen molar-refractivity contribution in [3.05, 3.63) is 127 Å². The minimum atomic E-state index is 0.00382. The highest BCUT2D eigenvalue weighted by Gasteiger charge is 2.46. The number of hydrogen-bond acceptors (Lipinski definition) is 3. The van der Waals surface area contributed by atoms with E-state index in [1.165, 1.54) is 33.6 Å². The molecule has 0 saturated heterocycles. The highest BCUT2D eigenvalue weighted by Crippen LogP contribution is 2.46. The molecular formula is C33H23BN2O. The van der Waals surface area contributed by atoms with Crippen LogP contribution in [0.25, 0.3) is 11.0 Å². The molecule has 3 heterocycles. The average Bonchev–Trinajstić information content (AvgIpc) is 3.33. The summed E-state index contributed by atoms with van der Waals surface area (Å²) in [5.41, 5.74) is 12.7. The van der Waals surface area contributed by atoms with Crippen LogP contribution in [0.2, 0.25) is 0 Å². The van der Waals surface area contributed by atoms with E-state index in [4.69, 9.17) is 4.42 Å². The number of nitrogens with zero attached hydrogens (tertiary/aromatic N) is 2. The summed E-state index contributed by atoms with van der Waals surface area (Å²) in [5, 5.41) is 1.14. The van der Waals surface area contributed by atoms with Crippen LogP contribution in [0.3, 0.4) is 0 Å². The van der Waals surface area contributed by atoms with E-state index in [2.05, 4.69) is 138 Å². The van der Waals surface area contributed by atoms with Gasteiger partial charge in [0.05, 0.1) is 11.3 Å². The average molecular weight is 474 g/mol. The van der Waals surface area contributed by atoms with Crippen LogP contribution in [-0.2, 0) is 0 Å². The predicted molar refractivity (Wildman–Crippen MR) is 155 cm³/mol. The molecule has 0 bridgehead atoms. The fraction of sp³-hybridized carbons (Fsp3) is 0.0303. The van der Waals surface area contributed by atoms with Gasteiger partial charge < -0.3 is 14.2 Å². The fourth-order valence-electron chi connectivity index (χ4n) is 6.22. The third-order valence-corrected chi connectivity index (χ3v) is 7.65. The summed E-state index contributed by atoms with van der Waals surface area (Å²) in [7, 11) is 0. The minimum Gasteiger partial charge on any atom is -0.468 e. The maximum atomic E-state index is 6.76. The summed E-state index contributed by atoms with van der Waals surface area (Å²) in [6, 6.07) is 43.2. The van der Waals surface area contributed by atoms with Crippen LogP contribution in [-0.4, -0.2) is 6.71 Å². The summed E-state index contributed by atoms with van der Waals surface area (Å²) in [6.45, 7) is 2.20. The molecule has 0 amide bonds. The van der Waals surface area contributed by atoms with Crippen LogP contribution in [0.1, 0.15) is 5.56 Å². The van der Waals surface area contributed by atoms with E-state index >= 15 is 0 Å². The van der Waals surface area contributed by atoms with Crippen molar-refractivity contribution in [3.63, 3.8) is 0 Å². The van der Waals surface area contributed by atoms with Gasteiger partial charge in [0.15, 0.2) is 0 Å². The molecule has 0 spiro atoms. The number of anilines is 6. The third-order valence-electron chi connectivity index (χ3n) is 7.65. The third kappa shape index (κ3) is 2.84. The summed E-state index contributed by atoms with van der Waals surface area (Å²) in [4.78, 5) is 4.81. The van der Waals surface area contributed by atoms with Crippen molar-refractivity contribution in [2.45, 2.75) is 6.92 Å². The first-order valence-corrected chi connectivity index (χ1v) is 12.7. The summed E-state index contributed by atoms with van der Waals surface area (Å²) in [5.74, 6) is 0. The Labute approximate surface area is 216 Å². The molecule has 0 saturated carbocycles. The van der Waals surface area contributed by atoms with Gasteiger partial charge in [-0.25, -0.2) is 0 Å². The molecule has 4 heteroatoms. The van der Waals surface area contributed by atoms with E-state index in [1.54, 1.807) is 0 Å². The lowest BCUT2D eigenvalue weighted by Gasteiger charge is -2.42. The lowest BCUT2D eigenvalue weighted by atomic mass is 9.35. The van der Waals surface area contributed by atoms with Gasteiger partial charge in [0.2, 0.25) is 0 Å². The molecule has 174 valence electrons. The topological polar surface area (TPSA) is 19.6 Å². The number of benzene rings is 5.